The van der Waals surface area contributed by atoms with Gasteiger partial charge in [-0.2, -0.15) is 13.8 Å². The van der Waals surface area contributed by atoms with Crippen LogP contribution in [0.25, 0.3) is 0 Å². The number of carbonyl (C=O) groups excluding carboxylic acids is 2. The van der Waals surface area contributed by atoms with Gasteiger partial charge in [-0.15, -0.1) is 0 Å². The summed E-state index contributed by atoms with van der Waals surface area (Å²) in [5.74, 6) is -3.30. The van der Waals surface area contributed by atoms with E-state index in [9.17, 15) is 23.5 Å². The number of carbonyl (C=O) groups is 2. The Morgan fingerprint density at radius 1 is 1.22 bits per heavy atom. The zero-order valence-corrected chi connectivity index (χ0v) is 12.1. The number of halogens is 2. The predicted molar refractivity (Wildman–Crippen MR) is 75.8 cm³/mol. The fraction of sp³-hybridized carbons (Fsp3) is 0.188. The highest BCUT2D eigenvalue weighted by Crippen LogP contribution is 2.21. The average Bonchev–Trinajstić information content (AvgIpc) is 2.54. The molecule has 0 aliphatic carbocycles. The Hall–Kier alpha value is -2.67. The number of hydrogen-bond acceptors (Lipinski definition) is 5. The number of nitrogens with zero attached hydrogens (tertiary/aromatic N) is 1. The molecular formula is C16H13F2NO4. The van der Waals surface area contributed by atoms with Gasteiger partial charge in [0, 0.05) is 17.5 Å². The van der Waals surface area contributed by atoms with Crippen LogP contribution in [0.4, 0.5) is 8.78 Å². The summed E-state index contributed by atoms with van der Waals surface area (Å²) < 4.78 is 30.8. The molecule has 0 radical (unpaired) electrons. The number of methoxy groups -OCH3 is 1. The smallest absolute Gasteiger partial charge is 0.337 e. The fourth-order valence-corrected chi connectivity index (χ4v) is 2.01. The van der Waals surface area contributed by atoms with Gasteiger partial charge in [0.1, 0.15) is 0 Å². The molecule has 1 N–H and O–H groups in total. The molecule has 0 aliphatic rings. The SMILES string of the molecule is COC(=O)c1cccc(C(=O)CC(O)c2ccc(F)nc2F)c1. The minimum absolute atomic E-state index is 0.169. The average molecular weight is 321 g/mol. The highest BCUT2D eigenvalue weighted by Gasteiger charge is 2.20. The first-order chi connectivity index (χ1) is 10.9. The van der Waals surface area contributed by atoms with E-state index in [1.165, 1.54) is 31.4 Å². The van der Waals surface area contributed by atoms with Gasteiger partial charge in [-0.25, -0.2) is 4.79 Å². The predicted octanol–water partition coefficient (Wildman–Crippen LogP) is 2.45. The summed E-state index contributed by atoms with van der Waals surface area (Å²) in [6.45, 7) is 0. The van der Waals surface area contributed by atoms with E-state index in [-0.39, 0.29) is 16.7 Å². The van der Waals surface area contributed by atoms with E-state index in [0.717, 1.165) is 12.1 Å². The van der Waals surface area contributed by atoms with E-state index < -0.39 is 36.2 Å². The largest absolute Gasteiger partial charge is 0.465 e. The van der Waals surface area contributed by atoms with Crippen molar-refractivity contribution >= 4 is 11.8 Å². The quantitative estimate of drug-likeness (QED) is 0.520. The van der Waals surface area contributed by atoms with Crippen LogP contribution in [-0.2, 0) is 4.74 Å². The van der Waals surface area contributed by atoms with Crippen molar-refractivity contribution in [3.63, 3.8) is 0 Å². The Labute approximate surface area is 130 Å². The maximum Gasteiger partial charge on any atom is 0.337 e. The van der Waals surface area contributed by atoms with Crippen molar-refractivity contribution in [3.05, 3.63) is 65.0 Å². The third-order valence-electron chi connectivity index (χ3n) is 3.19. The molecule has 0 aliphatic heterocycles. The van der Waals surface area contributed by atoms with Crippen LogP contribution >= 0.6 is 0 Å². The van der Waals surface area contributed by atoms with Crippen molar-refractivity contribution in [1.29, 1.82) is 0 Å². The molecule has 0 bridgehead atoms. The van der Waals surface area contributed by atoms with Gasteiger partial charge in [0.15, 0.2) is 5.78 Å². The lowest BCUT2D eigenvalue weighted by molar-refractivity contribution is 0.0600. The number of Topliss-reactive ketones (excluding diaryl/α,β-unsaturated/α-hetero) is 1. The zero-order chi connectivity index (χ0) is 17.0. The van der Waals surface area contributed by atoms with E-state index in [2.05, 4.69) is 9.72 Å². The molecule has 1 unspecified atom stereocenters. The molecule has 2 rings (SSSR count). The molecule has 23 heavy (non-hydrogen) atoms. The van der Waals surface area contributed by atoms with Gasteiger partial charge >= 0.3 is 5.97 Å². The summed E-state index contributed by atoms with van der Waals surface area (Å²) in [6, 6.07) is 7.67. The number of aromatic nitrogens is 1. The van der Waals surface area contributed by atoms with Gasteiger partial charge in [-0.1, -0.05) is 12.1 Å². The van der Waals surface area contributed by atoms with Crippen LogP contribution in [0.3, 0.4) is 0 Å². The summed E-state index contributed by atoms with van der Waals surface area (Å²) in [6.07, 6.45) is -1.91. The number of aliphatic hydroxyl groups excluding tert-OH is 1. The van der Waals surface area contributed by atoms with Gasteiger partial charge < -0.3 is 9.84 Å². The van der Waals surface area contributed by atoms with Crippen molar-refractivity contribution in [2.75, 3.05) is 7.11 Å². The molecule has 1 atom stereocenters. The van der Waals surface area contributed by atoms with Gasteiger partial charge in [0.2, 0.25) is 11.9 Å². The highest BCUT2D eigenvalue weighted by molar-refractivity contribution is 5.99. The second-order valence-corrected chi connectivity index (χ2v) is 4.73. The van der Waals surface area contributed by atoms with Crippen LogP contribution in [-0.4, -0.2) is 29.0 Å². The Balaban J connectivity index is 2.16. The van der Waals surface area contributed by atoms with Crippen molar-refractivity contribution in [1.82, 2.24) is 4.98 Å². The van der Waals surface area contributed by atoms with E-state index in [1.807, 2.05) is 0 Å². The van der Waals surface area contributed by atoms with Crippen LogP contribution in [0.2, 0.25) is 0 Å². The first-order valence-corrected chi connectivity index (χ1v) is 6.64. The van der Waals surface area contributed by atoms with Crippen LogP contribution < -0.4 is 0 Å². The fourth-order valence-electron chi connectivity index (χ4n) is 2.01. The van der Waals surface area contributed by atoms with Crippen molar-refractivity contribution in [2.45, 2.75) is 12.5 Å². The molecule has 7 heteroatoms. The number of hydrogen-bond donors (Lipinski definition) is 1. The summed E-state index contributed by atoms with van der Waals surface area (Å²) >= 11 is 0. The van der Waals surface area contributed by atoms with Crippen LogP contribution in [0.5, 0.6) is 0 Å². The topological polar surface area (TPSA) is 76.5 Å². The van der Waals surface area contributed by atoms with Gasteiger partial charge in [0.25, 0.3) is 0 Å². The first-order valence-electron chi connectivity index (χ1n) is 6.64. The zero-order valence-electron chi connectivity index (χ0n) is 12.1. The summed E-state index contributed by atoms with van der Waals surface area (Å²) in [4.78, 5) is 26.5. The standard InChI is InChI=1S/C16H13F2NO4/c1-23-16(22)10-4-2-3-9(7-10)12(20)8-13(21)11-5-6-14(17)19-15(11)18/h2-7,13,21H,8H2,1H3. The summed E-state index contributed by atoms with van der Waals surface area (Å²) in [7, 11) is 1.21. The number of benzene rings is 1. The first kappa shape index (κ1) is 16.7. The molecule has 1 aromatic heterocycles. The molecule has 2 aromatic rings. The summed E-state index contributed by atoms with van der Waals surface area (Å²) in [5, 5.41) is 9.93. The van der Waals surface area contributed by atoms with Gasteiger partial charge in [-0.05, 0) is 24.3 Å². The third kappa shape index (κ3) is 3.95. The monoisotopic (exact) mass is 321 g/mol. The Kier molecular flexibility index (Phi) is 5.13. The molecule has 1 heterocycles. The van der Waals surface area contributed by atoms with E-state index in [4.69, 9.17) is 0 Å². The molecule has 120 valence electrons. The molecule has 0 saturated carbocycles. The van der Waals surface area contributed by atoms with Crippen LogP contribution in [0.1, 0.15) is 38.8 Å². The molecule has 0 amide bonds. The number of pyridine rings is 1. The highest BCUT2D eigenvalue weighted by atomic mass is 19.1. The molecular weight excluding hydrogens is 308 g/mol. The number of aliphatic hydroxyl groups is 1. The van der Waals surface area contributed by atoms with Gasteiger partial charge in [-0.3, -0.25) is 4.79 Å². The maximum absolute atomic E-state index is 13.5. The Morgan fingerprint density at radius 2 is 1.91 bits per heavy atom. The summed E-state index contributed by atoms with van der Waals surface area (Å²) in [5.41, 5.74) is 0.0776. The Morgan fingerprint density at radius 3 is 2.57 bits per heavy atom. The third-order valence-corrected chi connectivity index (χ3v) is 3.19. The van der Waals surface area contributed by atoms with E-state index in [0.29, 0.717) is 0 Å². The maximum atomic E-state index is 13.5. The molecule has 5 nitrogen and oxygen atoms in total. The van der Waals surface area contributed by atoms with Crippen molar-refractivity contribution < 1.29 is 28.2 Å². The minimum Gasteiger partial charge on any atom is -0.465 e. The lowest BCUT2D eigenvalue weighted by Crippen LogP contribution is -2.11. The van der Waals surface area contributed by atoms with E-state index >= 15 is 0 Å². The lowest BCUT2D eigenvalue weighted by atomic mass is 9.99. The second kappa shape index (κ2) is 7.06. The van der Waals surface area contributed by atoms with Crippen LogP contribution in [0.15, 0.2) is 36.4 Å². The van der Waals surface area contributed by atoms with Crippen LogP contribution in [0, 0.1) is 11.9 Å². The lowest BCUT2D eigenvalue weighted by Gasteiger charge is -2.11. The molecule has 0 fully saturated rings. The Bertz CT molecular complexity index is 749. The van der Waals surface area contributed by atoms with Crippen molar-refractivity contribution in [3.8, 4) is 0 Å². The number of esters is 1. The van der Waals surface area contributed by atoms with E-state index in [1.54, 1.807) is 0 Å². The molecule has 0 saturated heterocycles. The number of ketones is 1. The molecule has 1 aromatic carbocycles. The molecule has 0 spiro atoms. The normalized spacial score (nSPS) is 11.8. The number of rotatable bonds is 5. The van der Waals surface area contributed by atoms with Crippen molar-refractivity contribution in [2.24, 2.45) is 0 Å². The number of ether oxygens (including phenoxy) is 1. The second-order valence-electron chi connectivity index (χ2n) is 4.73. The minimum atomic E-state index is -1.47. The van der Waals surface area contributed by atoms with Gasteiger partial charge in [0.05, 0.1) is 18.8 Å².